The van der Waals surface area contributed by atoms with Crippen molar-refractivity contribution in [2.45, 2.75) is 51.7 Å². The molecule has 1 saturated carbocycles. The number of unbranched alkanes of at least 4 members (excludes halogenated alkanes) is 1. The molecule has 2 aromatic carbocycles. The predicted molar refractivity (Wildman–Crippen MR) is 169 cm³/mol. The van der Waals surface area contributed by atoms with Crippen molar-refractivity contribution in [1.29, 1.82) is 0 Å². The van der Waals surface area contributed by atoms with Crippen molar-refractivity contribution in [3.8, 4) is 0 Å². The van der Waals surface area contributed by atoms with Crippen LogP contribution in [0.1, 0.15) is 43.7 Å². The predicted octanol–water partition coefficient (Wildman–Crippen LogP) is 1.09. The molecule has 254 valence electrons. The van der Waals surface area contributed by atoms with Crippen molar-refractivity contribution in [3.05, 3.63) is 71.8 Å². The number of nitrogens with one attached hydrogen (secondary N) is 5. The Morgan fingerprint density at radius 3 is 2.02 bits per heavy atom. The maximum atomic E-state index is 13.0. The van der Waals surface area contributed by atoms with Crippen LogP contribution in [0.4, 0.5) is 4.79 Å². The average molecular weight is 654 g/mol. The summed E-state index contributed by atoms with van der Waals surface area (Å²) in [6, 6.07) is 17.3. The number of alkyl carbamates (subject to hydrolysis) is 1. The van der Waals surface area contributed by atoms with Crippen molar-refractivity contribution in [1.82, 2.24) is 26.6 Å². The Hall–Kier alpha value is -4.98. The van der Waals surface area contributed by atoms with Crippen molar-refractivity contribution in [3.63, 3.8) is 0 Å². The van der Waals surface area contributed by atoms with E-state index in [4.69, 9.17) is 14.2 Å². The van der Waals surface area contributed by atoms with E-state index in [0.29, 0.717) is 19.3 Å². The first-order chi connectivity index (χ1) is 22.7. The van der Waals surface area contributed by atoms with Gasteiger partial charge in [-0.2, -0.15) is 0 Å². The van der Waals surface area contributed by atoms with E-state index in [1.807, 2.05) is 43.3 Å². The number of carbonyl (C=O) groups excluding carboxylic acids is 6. The second-order valence-electron chi connectivity index (χ2n) is 11.1. The summed E-state index contributed by atoms with van der Waals surface area (Å²) >= 11 is 0. The Balaban J connectivity index is 1.37. The summed E-state index contributed by atoms with van der Waals surface area (Å²) in [6.07, 6.45) is 2.21. The lowest BCUT2D eigenvalue weighted by molar-refractivity contribution is -0.154. The van der Waals surface area contributed by atoms with Crippen LogP contribution in [0, 0.1) is 5.41 Å². The van der Waals surface area contributed by atoms with Crippen LogP contribution in [0.2, 0.25) is 0 Å². The Morgan fingerprint density at radius 1 is 0.745 bits per heavy atom. The molecule has 14 heteroatoms. The summed E-state index contributed by atoms with van der Waals surface area (Å²) < 4.78 is 15.9. The van der Waals surface area contributed by atoms with E-state index in [2.05, 4.69) is 26.6 Å². The maximum absolute atomic E-state index is 13.0. The normalized spacial score (nSPS) is 13.3. The number of amides is 5. The number of benzene rings is 2. The molecule has 47 heavy (non-hydrogen) atoms. The highest BCUT2D eigenvalue weighted by atomic mass is 16.5. The van der Waals surface area contributed by atoms with Crippen LogP contribution in [0.25, 0.3) is 0 Å². The summed E-state index contributed by atoms with van der Waals surface area (Å²) in [5.74, 6) is -2.75. The van der Waals surface area contributed by atoms with Gasteiger partial charge in [-0.25, -0.2) is 4.79 Å². The molecule has 14 nitrogen and oxygen atoms in total. The molecule has 0 saturated heterocycles. The number of ether oxygens (including phenoxy) is 3. The molecule has 1 aliphatic rings. The van der Waals surface area contributed by atoms with Crippen molar-refractivity contribution in [2.24, 2.45) is 5.41 Å². The van der Waals surface area contributed by atoms with Crippen LogP contribution in [0.5, 0.6) is 0 Å². The Morgan fingerprint density at radius 2 is 1.36 bits per heavy atom. The van der Waals surface area contributed by atoms with Gasteiger partial charge in [0.1, 0.15) is 25.9 Å². The van der Waals surface area contributed by atoms with E-state index in [0.717, 1.165) is 17.5 Å². The van der Waals surface area contributed by atoms with Crippen LogP contribution in [0.15, 0.2) is 60.7 Å². The summed E-state index contributed by atoms with van der Waals surface area (Å²) in [5.41, 5.74) is 0.930. The fourth-order valence-corrected chi connectivity index (χ4v) is 4.22. The summed E-state index contributed by atoms with van der Waals surface area (Å²) in [4.78, 5) is 74.1. The molecule has 0 heterocycles. The van der Waals surface area contributed by atoms with Crippen LogP contribution < -0.4 is 26.6 Å². The van der Waals surface area contributed by atoms with E-state index in [1.54, 1.807) is 24.3 Å². The van der Waals surface area contributed by atoms with Crippen LogP contribution in [0.3, 0.4) is 0 Å². The molecule has 1 atom stereocenters. The average Bonchev–Trinajstić information content (AvgIpc) is 3.88. The number of hydrogen-bond acceptors (Lipinski definition) is 9. The molecule has 0 aromatic heterocycles. The lowest BCUT2D eigenvalue weighted by Crippen LogP contribution is -2.52. The first-order valence-corrected chi connectivity index (χ1v) is 15.5. The molecule has 0 aliphatic heterocycles. The van der Waals surface area contributed by atoms with Crippen LogP contribution in [-0.2, 0) is 51.2 Å². The van der Waals surface area contributed by atoms with Gasteiger partial charge < -0.3 is 40.8 Å². The molecule has 1 aliphatic carbocycles. The van der Waals surface area contributed by atoms with Gasteiger partial charge in [-0.05, 0) is 30.4 Å². The van der Waals surface area contributed by atoms with Crippen molar-refractivity contribution < 1.29 is 43.0 Å². The maximum Gasteiger partial charge on any atom is 0.407 e. The van der Waals surface area contributed by atoms with Gasteiger partial charge >= 0.3 is 12.1 Å². The lowest BCUT2D eigenvalue weighted by atomic mass is 10.1. The largest absolute Gasteiger partial charge is 0.460 e. The van der Waals surface area contributed by atoms with Gasteiger partial charge in [-0.15, -0.1) is 0 Å². The third-order valence-electron chi connectivity index (χ3n) is 7.18. The third kappa shape index (κ3) is 13.9. The third-order valence-corrected chi connectivity index (χ3v) is 7.18. The number of rotatable bonds is 20. The molecular formula is C33H43N5O9. The standard InChI is InChI=1S/C33H43N5O9/c1-2-3-16-46-32(44)36-19-27(39)34-20-29(41)38-26(17-24-10-6-4-7-11-24)30(42)35-18-28(40)37-23-45-22-33(14-15-33)31(43)47-21-25-12-8-5-9-13-25/h4-13,26H,2-3,14-23H2,1H3,(H,34,39)(H,35,42)(H,36,44)(H,37,40)(H,38,41)/t26-/m0/s1. The van der Waals surface area contributed by atoms with Crippen molar-refractivity contribution in [2.75, 3.05) is 39.6 Å². The van der Waals surface area contributed by atoms with Gasteiger partial charge in [0.05, 0.1) is 31.7 Å². The fourth-order valence-electron chi connectivity index (χ4n) is 4.22. The minimum atomic E-state index is -1.05. The minimum absolute atomic E-state index is 0.0914. The molecule has 2 aromatic rings. The number of carbonyl (C=O) groups is 6. The monoisotopic (exact) mass is 653 g/mol. The molecule has 1 fully saturated rings. The van der Waals surface area contributed by atoms with Crippen LogP contribution >= 0.6 is 0 Å². The molecule has 0 spiro atoms. The fraction of sp³-hybridized carbons (Fsp3) is 0.455. The SMILES string of the molecule is CCCCOC(=O)NCC(=O)NCC(=O)N[C@@H](Cc1ccccc1)C(=O)NCC(=O)NCOCC1(C(=O)OCc2ccccc2)CC1. The first-order valence-electron chi connectivity index (χ1n) is 15.5. The van der Waals surface area contributed by atoms with E-state index in [9.17, 15) is 28.8 Å². The highest BCUT2D eigenvalue weighted by Gasteiger charge is 2.51. The summed E-state index contributed by atoms with van der Waals surface area (Å²) in [7, 11) is 0. The van der Waals surface area contributed by atoms with Crippen molar-refractivity contribution >= 4 is 35.7 Å². The number of hydrogen-bond donors (Lipinski definition) is 5. The quantitative estimate of drug-likeness (QED) is 0.0791. The zero-order valence-corrected chi connectivity index (χ0v) is 26.5. The summed E-state index contributed by atoms with van der Waals surface area (Å²) in [5, 5.41) is 12.3. The molecule has 3 rings (SSSR count). The zero-order valence-electron chi connectivity index (χ0n) is 26.5. The van der Waals surface area contributed by atoms with Gasteiger partial charge in [0.15, 0.2) is 0 Å². The van der Waals surface area contributed by atoms with E-state index < -0.39 is 47.7 Å². The topological polar surface area (TPSA) is 190 Å². The van der Waals surface area contributed by atoms with E-state index in [1.165, 1.54) is 0 Å². The molecule has 0 radical (unpaired) electrons. The Bertz CT molecular complexity index is 1340. The van der Waals surface area contributed by atoms with E-state index in [-0.39, 0.29) is 52.0 Å². The van der Waals surface area contributed by atoms with Crippen LogP contribution in [-0.4, -0.2) is 81.3 Å². The van der Waals surface area contributed by atoms with E-state index >= 15 is 0 Å². The summed E-state index contributed by atoms with van der Waals surface area (Å²) in [6.45, 7) is 1.07. The van der Waals surface area contributed by atoms with Gasteiger partial charge in [0, 0.05) is 6.42 Å². The van der Waals surface area contributed by atoms with Gasteiger partial charge in [0.2, 0.25) is 23.6 Å². The van der Waals surface area contributed by atoms with Gasteiger partial charge in [-0.3, -0.25) is 24.0 Å². The highest BCUT2D eigenvalue weighted by molar-refractivity contribution is 5.92. The minimum Gasteiger partial charge on any atom is -0.460 e. The van der Waals surface area contributed by atoms with Gasteiger partial charge in [0.25, 0.3) is 0 Å². The number of esters is 1. The highest BCUT2D eigenvalue weighted by Crippen LogP contribution is 2.47. The smallest absolute Gasteiger partial charge is 0.407 e. The molecular weight excluding hydrogens is 610 g/mol. The first kappa shape index (κ1) is 36.5. The molecule has 5 amide bonds. The lowest BCUT2D eigenvalue weighted by Gasteiger charge is -2.19. The second-order valence-corrected chi connectivity index (χ2v) is 11.1. The second kappa shape index (κ2) is 19.5. The Kier molecular flexibility index (Phi) is 15.2. The van der Waals surface area contributed by atoms with Gasteiger partial charge in [-0.1, -0.05) is 74.0 Å². The molecule has 5 N–H and O–H groups in total. The Labute approximate surface area is 273 Å². The molecule has 0 bridgehead atoms. The zero-order chi connectivity index (χ0) is 33.9. The molecule has 0 unspecified atom stereocenters.